The van der Waals surface area contributed by atoms with Crippen LogP contribution in [0.5, 0.6) is 0 Å². The van der Waals surface area contributed by atoms with E-state index in [1.165, 1.54) is 11.2 Å². The van der Waals surface area contributed by atoms with Gasteiger partial charge in [0.1, 0.15) is 18.5 Å². The van der Waals surface area contributed by atoms with E-state index in [4.69, 9.17) is 4.74 Å². The van der Waals surface area contributed by atoms with Crippen molar-refractivity contribution in [2.45, 2.75) is 26.4 Å². The Labute approximate surface area is 200 Å². The Morgan fingerprint density at radius 3 is 2.47 bits per heavy atom. The summed E-state index contributed by atoms with van der Waals surface area (Å²) in [5, 5.41) is 12.0. The predicted molar refractivity (Wildman–Crippen MR) is 132 cm³/mol. The van der Waals surface area contributed by atoms with Crippen molar-refractivity contribution in [2.75, 3.05) is 56.1 Å². The molecule has 0 unspecified atom stereocenters. The molecular formula is C24H32N6O4. The third-order valence-corrected chi connectivity index (χ3v) is 5.26. The maximum Gasteiger partial charge on any atom is 0.353 e. The number of nitro groups is 1. The molecule has 182 valence electrons. The van der Waals surface area contributed by atoms with Crippen LogP contribution in [0, 0.1) is 10.1 Å². The average molecular weight is 469 g/mol. The van der Waals surface area contributed by atoms with E-state index >= 15 is 0 Å². The van der Waals surface area contributed by atoms with Gasteiger partial charge in [0.2, 0.25) is 11.6 Å². The standard InChI is InChI=1S/C24H32N6O4/c1-24(2,3)34-20(31)17-27(4)22-21(30(32)33)23(26-18-25-22)29-15-13-28(14-16-29)12-8-11-19-9-6-5-7-10-19/h5-11,18H,12-17H2,1-4H3/b11-8-. The molecule has 1 aliphatic heterocycles. The van der Waals surface area contributed by atoms with E-state index < -0.39 is 16.5 Å². The van der Waals surface area contributed by atoms with Crippen LogP contribution in [-0.2, 0) is 9.53 Å². The van der Waals surface area contributed by atoms with E-state index in [-0.39, 0.29) is 23.9 Å². The van der Waals surface area contributed by atoms with Gasteiger partial charge in [-0.25, -0.2) is 9.97 Å². The Balaban J connectivity index is 1.66. The zero-order valence-electron chi connectivity index (χ0n) is 20.2. The van der Waals surface area contributed by atoms with Gasteiger partial charge in [-0.05, 0) is 26.3 Å². The molecule has 1 aliphatic rings. The first kappa shape index (κ1) is 25.1. The third kappa shape index (κ3) is 6.98. The van der Waals surface area contributed by atoms with E-state index in [0.717, 1.165) is 25.2 Å². The van der Waals surface area contributed by atoms with Crippen molar-refractivity contribution >= 4 is 29.4 Å². The van der Waals surface area contributed by atoms with E-state index in [1.807, 2.05) is 23.1 Å². The number of piperazine rings is 1. The van der Waals surface area contributed by atoms with Crippen molar-refractivity contribution in [3.05, 3.63) is 58.4 Å². The van der Waals surface area contributed by atoms with Gasteiger partial charge in [0, 0.05) is 39.8 Å². The van der Waals surface area contributed by atoms with E-state index in [2.05, 4.69) is 39.2 Å². The number of nitrogens with zero attached hydrogens (tertiary/aromatic N) is 6. The summed E-state index contributed by atoms with van der Waals surface area (Å²) in [4.78, 5) is 37.7. The second kappa shape index (κ2) is 11.1. The highest BCUT2D eigenvalue weighted by atomic mass is 16.6. The summed E-state index contributed by atoms with van der Waals surface area (Å²) in [6, 6.07) is 10.1. The number of carbonyl (C=O) groups is 1. The molecule has 0 bridgehead atoms. The second-order valence-corrected chi connectivity index (χ2v) is 9.17. The zero-order chi connectivity index (χ0) is 24.7. The Morgan fingerprint density at radius 1 is 1.18 bits per heavy atom. The second-order valence-electron chi connectivity index (χ2n) is 9.17. The van der Waals surface area contributed by atoms with Crippen LogP contribution in [0.3, 0.4) is 0 Å². The highest BCUT2D eigenvalue weighted by Crippen LogP contribution is 2.34. The minimum Gasteiger partial charge on any atom is -0.459 e. The Morgan fingerprint density at radius 2 is 1.85 bits per heavy atom. The van der Waals surface area contributed by atoms with Gasteiger partial charge in [-0.15, -0.1) is 0 Å². The lowest BCUT2D eigenvalue weighted by molar-refractivity contribution is -0.383. The smallest absolute Gasteiger partial charge is 0.353 e. The van der Waals surface area contributed by atoms with Crippen molar-refractivity contribution in [1.29, 1.82) is 0 Å². The molecule has 0 atom stereocenters. The maximum atomic E-state index is 12.2. The number of hydrogen-bond acceptors (Lipinski definition) is 9. The van der Waals surface area contributed by atoms with Gasteiger partial charge < -0.3 is 14.5 Å². The molecule has 0 amide bonds. The van der Waals surface area contributed by atoms with Crippen LogP contribution in [-0.4, -0.2) is 77.7 Å². The molecule has 2 heterocycles. The van der Waals surface area contributed by atoms with Gasteiger partial charge in [0.25, 0.3) is 0 Å². The number of anilines is 2. The summed E-state index contributed by atoms with van der Waals surface area (Å²) >= 11 is 0. The van der Waals surface area contributed by atoms with Gasteiger partial charge >= 0.3 is 11.7 Å². The summed E-state index contributed by atoms with van der Waals surface area (Å²) in [7, 11) is 1.58. The van der Waals surface area contributed by atoms with Crippen LogP contribution < -0.4 is 9.80 Å². The number of likely N-dealkylation sites (N-methyl/N-ethyl adjacent to an activating group) is 1. The fourth-order valence-electron chi connectivity index (χ4n) is 3.72. The van der Waals surface area contributed by atoms with E-state index in [1.54, 1.807) is 27.8 Å². The normalized spacial score (nSPS) is 14.9. The maximum absolute atomic E-state index is 12.2. The molecule has 0 saturated carbocycles. The lowest BCUT2D eigenvalue weighted by Crippen LogP contribution is -2.47. The molecule has 1 fully saturated rings. The number of ether oxygens (including phenoxy) is 1. The molecule has 10 nitrogen and oxygen atoms in total. The van der Waals surface area contributed by atoms with Crippen molar-refractivity contribution in [3.8, 4) is 0 Å². The van der Waals surface area contributed by atoms with Crippen LogP contribution in [0.2, 0.25) is 0 Å². The molecule has 34 heavy (non-hydrogen) atoms. The molecule has 1 saturated heterocycles. The molecule has 10 heteroatoms. The highest BCUT2D eigenvalue weighted by molar-refractivity contribution is 5.79. The molecule has 0 N–H and O–H groups in total. The predicted octanol–water partition coefficient (Wildman–Crippen LogP) is 3.00. The summed E-state index contributed by atoms with van der Waals surface area (Å²) in [5.41, 5.74) is 0.308. The van der Waals surface area contributed by atoms with Gasteiger partial charge in [-0.1, -0.05) is 42.5 Å². The number of benzene rings is 1. The van der Waals surface area contributed by atoms with Crippen LogP contribution in [0.15, 0.2) is 42.7 Å². The lowest BCUT2D eigenvalue weighted by Gasteiger charge is -2.34. The third-order valence-electron chi connectivity index (χ3n) is 5.26. The minimum absolute atomic E-state index is 0.0917. The molecule has 0 radical (unpaired) electrons. The summed E-state index contributed by atoms with van der Waals surface area (Å²) in [6.07, 6.45) is 5.52. The first-order valence-corrected chi connectivity index (χ1v) is 11.3. The molecule has 2 aromatic rings. The fourth-order valence-corrected chi connectivity index (χ4v) is 3.72. The zero-order valence-corrected chi connectivity index (χ0v) is 20.2. The van der Waals surface area contributed by atoms with E-state index in [9.17, 15) is 14.9 Å². The lowest BCUT2D eigenvalue weighted by atomic mass is 10.2. The van der Waals surface area contributed by atoms with Crippen LogP contribution in [0.25, 0.3) is 6.08 Å². The minimum atomic E-state index is -0.642. The van der Waals surface area contributed by atoms with Crippen molar-refractivity contribution in [2.24, 2.45) is 0 Å². The van der Waals surface area contributed by atoms with Gasteiger partial charge in [-0.2, -0.15) is 0 Å². The van der Waals surface area contributed by atoms with E-state index in [0.29, 0.717) is 13.1 Å². The van der Waals surface area contributed by atoms with Gasteiger partial charge in [-0.3, -0.25) is 19.8 Å². The van der Waals surface area contributed by atoms with Crippen molar-refractivity contribution < 1.29 is 14.5 Å². The molecule has 1 aromatic heterocycles. The summed E-state index contributed by atoms with van der Waals surface area (Å²) in [5.74, 6) is -0.124. The number of esters is 1. The Hall–Kier alpha value is -3.53. The van der Waals surface area contributed by atoms with Crippen LogP contribution >= 0.6 is 0 Å². The number of aromatic nitrogens is 2. The summed E-state index contributed by atoms with van der Waals surface area (Å²) < 4.78 is 5.33. The van der Waals surface area contributed by atoms with Crippen molar-refractivity contribution in [1.82, 2.24) is 14.9 Å². The highest BCUT2D eigenvalue weighted by Gasteiger charge is 2.31. The largest absolute Gasteiger partial charge is 0.459 e. The van der Waals surface area contributed by atoms with Crippen molar-refractivity contribution in [3.63, 3.8) is 0 Å². The number of rotatable bonds is 8. The first-order valence-electron chi connectivity index (χ1n) is 11.3. The van der Waals surface area contributed by atoms with Gasteiger partial charge in [0.15, 0.2) is 0 Å². The van der Waals surface area contributed by atoms with Crippen LogP contribution in [0.4, 0.5) is 17.3 Å². The van der Waals surface area contributed by atoms with Crippen LogP contribution in [0.1, 0.15) is 26.3 Å². The molecule has 1 aromatic carbocycles. The monoisotopic (exact) mass is 468 g/mol. The SMILES string of the molecule is CN(CC(=O)OC(C)(C)C)c1ncnc(N2CCN(C/C=C\c3ccccc3)CC2)c1[N+](=O)[O-]. The summed E-state index contributed by atoms with van der Waals surface area (Å²) in [6.45, 7) is 8.67. The Kier molecular flexibility index (Phi) is 8.17. The fraction of sp³-hybridized carbons (Fsp3) is 0.458. The number of carbonyl (C=O) groups excluding carboxylic acids is 1. The number of hydrogen-bond donors (Lipinski definition) is 0. The molecule has 0 aliphatic carbocycles. The van der Waals surface area contributed by atoms with Gasteiger partial charge in [0.05, 0.1) is 4.92 Å². The molecule has 0 spiro atoms. The first-order chi connectivity index (χ1) is 16.1. The molecule has 3 rings (SSSR count). The molecular weight excluding hydrogens is 436 g/mol. The topological polar surface area (TPSA) is 105 Å². The average Bonchev–Trinajstić information content (AvgIpc) is 2.78. The quantitative estimate of drug-likeness (QED) is 0.328. The Bertz CT molecular complexity index is 1010.